The minimum atomic E-state index is -0.510. The zero-order chi connectivity index (χ0) is 12.4. The van der Waals surface area contributed by atoms with E-state index >= 15 is 0 Å². The van der Waals surface area contributed by atoms with Gasteiger partial charge < -0.3 is 10.6 Å². The third kappa shape index (κ3) is 2.76. The molecule has 0 aliphatic carbocycles. The summed E-state index contributed by atoms with van der Waals surface area (Å²) in [4.78, 5) is 11.9. The minimum absolute atomic E-state index is 0.106. The van der Waals surface area contributed by atoms with E-state index < -0.39 is 5.82 Å². The van der Waals surface area contributed by atoms with E-state index in [1.807, 2.05) is 6.92 Å². The second-order valence-electron chi connectivity index (χ2n) is 4.36. The second-order valence-corrected chi connectivity index (χ2v) is 4.79. The van der Waals surface area contributed by atoms with Crippen LogP contribution in [0.5, 0.6) is 0 Å². The van der Waals surface area contributed by atoms with Crippen LogP contribution in [0.15, 0.2) is 18.2 Å². The summed E-state index contributed by atoms with van der Waals surface area (Å²) >= 11 is 5.64. The van der Waals surface area contributed by atoms with Crippen LogP contribution in [0.2, 0.25) is 5.02 Å². The average molecular weight is 257 g/mol. The number of halogens is 2. The third-order valence-corrected chi connectivity index (χ3v) is 3.28. The Labute approximate surface area is 104 Å². The van der Waals surface area contributed by atoms with Crippen LogP contribution in [-0.2, 0) is 4.79 Å². The molecule has 2 unspecified atom stereocenters. The van der Waals surface area contributed by atoms with Gasteiger partial charge in [-0.1, -0.05) is 18.5 Å². The first kappa shape index (κ1) is 12.3. The Hall–Kier alpha value is -1.13. The van der Waals surface area contributed by atoms with E-state index in [0.29, 0.717) is 11.6 Å². The maximum absolute atomic E-state index is 13.5. The molecule has 0 saturated carbocycles. The summed E-state index contributed by atoms with van der Waals surface area (Å²) in [5.74, 6) is -0.497. The minimum Gasteiger partial charge on any atom is -0.323 e. The van der Waals surface area contributed by atoms with Crippen molar-refractivity contribution < 1.29 is 9.18 Å². The van der Waals surface area contributed by atoms with Crippen LogP contribution in [0.25, 0.3) is 0 Å². The standard InChI is InChI=1S/C12H14ClFN2O/c1-7-5-15-6-9(7)12(17)16-11-3-2-8(13)4-10(11)14/h2-4,7,9,15H,5-6H2,1H3,(H,16,17). The molecule has 0 radical (unpaired) electrons. The van der Waals surface area contributed by atoms with Gasteiger partial charge in [0, 0.05) is 11.6 Å². The normalized spacial score (nSPS) is 23.7. The maximum atomic E-state index is 13.5. The molecule has 0 spiro atoms. The number of anilines is 1. The average Bonchev–Trinajstić information content (AvgIpc) is 2.68. The zero-order valence-electron chi connectivity index (χ0n) is 9.47. The molecule has 5 heteroatoms. The molecule has 3 nitrogen and oxygen atoms in total. The molecule has 1 aromatic rings. The van der Waals surface area contributed by atoms with Crippen LogP contribution in [0, 0.1) is 17.7 Å². The van der Waals surface area contributed by atoms with Crippen molar-refractivity contribution in [1.29, 1.82) is 0 Å². The number of amides is 1. The second kappa shape index (κ2) is 5.02. The lowest BCUT2D eigenvalue weighted by atomic mass is 9.97. The van der Waals surface area contributed by atoms with Crippen molar-refractivity contribution in [3.8, 4) is 0 Å². The lowest BCUT2D eigenvalue weighted by Crippen LogP contribution is -2.28. The van der Waals surface area contributed by atoms with Gasteiger partial charge in [-0.25, -0.2) is 4.39 Å². The fourth-order valence-corrected chi connectivity index (χ4v) is 2.14. The lowest BCUT2D eigenvalue weighted by Gasteiger charge is -2.14. The smallest absolute Gasteiger partial charge is 0.229 e. The molecule has 1 heterocycles. The fourth-order valence-electron chi connectivity index (χ4n) is 1.98. The zero-order valence-corrected chi connectivity index (χ0v) is 10.2. The molecule has 2 atom stereocenters. The first-order valence-electron chi connectivity index (χ1n) is 5.54. The van der Waals surface area contributed by atoms with Gasteiger partial charge in [0.1, 0.15) is 5.82 Å². The van der Waals surface area contributed by atoms with Gasteiger partial charge >= 0.3 is 0 Å². The molecule has 2 N–H and O–H groups in total. The Morgan fingerprint density at radius 3 is 2.88 bits per heavy atom. The van der Waals surface area contributed by atoms with Crippen molar-refractivity contribution >= 4 is 23.2 Å². The van der Waals surface area contributed by atoms with Crippen LogP contribution < -0.4 is 10.6 Å². The van der Waals surface area contributed by atoms with Gasteiger partial charge in [0.05, 0.1) is 11.6 Å². The van der Waals surface area contributed by atoms with E-state index in [-0.39, 0.29) is 23.4 Å². The predicted octanol–water partition coefficient (Wildman–Crippen LogP) is 2.27. The Kier molecular flexibility index (Phi) is 3.64. The Morgan fingerprint density at radius 1 is 1.53 bits per heavy atom. The topological polar surface area (TPSA) is 41.1 Å². The van der Waals surface area contributed by atoms with Gasteiger partial charge in [-0.3, -0.25) is 4.79 Å². The van der Waals surface area contributed by atoms with Gasteiger partial charge in [-0.2, -0.15) is 0 Å². The molecule has 1 saturated heterocycles. The molecule has 1 amide bonds. The molecule has 0 bridgehead atoms. The Bertz CT molecular complexity index is 439. The van der Waals surface area contributed by atoms with Crippen molar-refractivity contribution in [3.63, 3.8) is 0 Å². The molecule has 1 aliphatic rings. The van der Waals surface area contributed by atoms with Crippen LogP contribution in [0.1, 0.15) is 6.92 Å². The Balaban J connectivity index is 2.07. The highest BCUT2D eigenvalue weighted by atomic mass is 35.5. The van der Waals surface area contributed by atoms with Crippen molar-refractivity contribution in [3.05, 3.63) is 29.0 Å². The highest BCUT2D eigenvalue weighted by Gasteiger charge is 2.29. The third-order valence-electron chi connectivity index (χ3n) is 3.04. The van der Waals surface area contributed by atoms with Gasteiger partial charge in [0.15, 0.2) is 0 Å². The summed E-state index contributed by atoms with van der Waals surface area (Å²) in [5, 5.41) is 6.05. The molecule has 1 aromatic carbocycles. The number of hydrogen-bond acceptors (Lipinski definition) is 2. The van der Waals surface area contributed by atoms with Gasteiger partial charge in [-0.15, -0.1) is 0 Å². The highest BCUT2D eigenvalue weighted by Crippen LogP contribution is 2.22. The van der Waals surface area contributed by atoms with Gasteiger partial charge in [0.2, 0.25) is 5.91 Å². The number of carbonyl (C=O) groups is 1. The highest BCUT2D eigenvalue weighted by molar-refractivity contribution is 6.30. The van der Waals surface area contributed by atoms with E-state index in [0.717, 1.165) is 6.54 Å². The van der Waals surface area contributed by atoms with Crippen LogP contribution in [0.4, 0.5) is 10.1 Å². The monoisotopic (exact) mass is 256 g/mol. The Morgan fingerprint density at radius 2 is 2.29 bits per heavy atom. The molecule has 1 fully saturated rings. The summed E-state index contributed by atoms with van der Waals surface area (Å²) < 4.78 is 13.5. The number of hydrogen-bond donors (Lipinski definition) is 2. The van der Waals surface area contributed by atoms with Crippen molar-refractivity contribution in [2.45, 2.75) is 6.92 Å². The van der Waals surface area contributed by atoms with Crippen LogP contribution >= 0.6 is 11.6 Å². The summed E-state index contributed by atoms with van der Waals surface area (Å²) in [6, 6.07) is 4.21. The quantitative estimate of drug-likeness (QED) is 0.852. The molecular formula is C12H14ClFN2O. The predicted molar refractivity (Wildman–Crippen MR) is 65.6 cm³/mol. The summed E-state index contributed by atoms with van der Waals surface area (Å²) in [6.07, 6.45) is 0. The van der Waals surface area contributed by atoms with Crippen LogP contribution in [0.3, 0.4) is 0 Å². The summed E-state index contributed by atoms with van der Waals surface area (Å²) in [6.45, 7) is 3.46. The molecule has 17 heavy (non-hydrogen) atoms. The largest absolute Gasteiger partial charge is 0.323 e. The van der Waals surface area contributed by atoms with E-state index in [1.54, 1.807) is 6.07 Å². The van der Waals surface area contributed by atoms with Crippen molar-refractivity contribution in [2.24, 2.45) is 11.8 Å². The molecule has 1 aliphatic heterocycles. The van der Waals surface area contributed by atoms with E-state index in [2.05, 4.69) is 10.6 Å². The number of rotatable bonds is 2. The van der Waals surface area contributed by atoms with Crippen LogP contribution in [-0.4, -0.2) is 19.0 Å². The fraction of sp³-hybridized carbons (Fsp3) is 0.417. The van der Waals surface area contributed by atoms with Gasteiger partial charge in [-0.05, 0) is 30.7 Å². The number of carbonyl (C=O) groups excluding carboxylic acids is 1. The maximum Gasteiger partial charge on any atom is 0.229 e. The molecular weight excluding hydrogens is 243 g/mol. The first-order chi connectivity index (χ1) is 8.08. The van der Waals surface area contributed by atoms with Gasteiger partial charge in [0.25, 0.3) is 0 Å². The SMILES string of the molecule is CC1CNCC1C(=O)Nc1ccc(Cl)cc1F. The van der Waals surface area contributed by atoms with E-state index in [1.165, 1.54) is 12.1 Å². The number of nitrogens with one attached hydrogen (secondary N) is 2. The van der Waals surface area contributed by atoms with E-state index in [9.17, 15) is 9.18 Å². The van der Waals surface area contributed by atoms with Crippen molar-refractivity contribution in [1.82, 2.24) is 5.32 Å². The number of benzene rings is 1. The lowest BCUT2D eigenvalue weighted by molar-refractivity contribution is -0.120. The molecule has 2 rings (SSSR count). The molecule has 0 aromatic heterocycles. The summed E-state index contributed by atoms with van der Waals surface area (Å²) in [5.41, 5.74) is 0.179. The molecule has 92 valence electrons. The summed E-state index contributed by atoms with van der Waals surface area (Å²) in [7, 11) is 0. The van der Waals surface area contributed by atoms with Crippen molar-refractivity contribution in [2.75, 3.05) is 18.4 Å². The first-order valence-corrected chi connectivity index (χ1v) is 5.92. The van der Waals surface area contributed by atoms with E-state index in [4.69, 9.17) is 11.6 Å².